The van der Waals surface area contributed by atoms with Crippen molar-refractivity contribution in [1.29, 1.82) is 0 Å². The predicted molar refractivity (Wildman–Crippen MR) is 43.0 cm³/mol. The van der Waals surface area contributed by atoms with E-state index in [9.17, 15) is 4.39 Å². The lowest BCUT2D eigenvalue weighted by Gasteiger charge is -2.06. The van der Waals surface area contributed by atoms with Crippen LogP contribution in [-0.4, -0.2) is 22.0 Å². The summed E-state index contributed by atoms with van der Waals surface area (Å²) in [6.07, 6.45) is -1.29. The van der Waals surface area contributed by atoms with Crippen LogP contribution in [0, 0.1) is 0 Å². The first-order valence-electron chi connectivity index (χ1n) is 3.07. The van der Waals surface area contributed by atoms with Crippen LogP contribution in [0.4, 0.5) is 4.39 Å². The Kier molecular flexibility index (Phi) is 3.20. The first-order valence-corrected chi connectivity index (χ1v) is 3.83. The number of hydrogen-bond acceptors (Lipinski definition) is 3. The van der Waals surface area contributed by atoms with E-state index in [1.165, 1.54) is 6.07 Å². The number of rotatable bonds is 2. The number of aliphatic hydroxyl groups excluding tert-OH is 1. The Morgan fingerprint density at radius 2 is 2.17 bits per heavy atom. The van der Waals surface area contributed by atoms with E-state index in [0.29, 0.717) is 0 Å². The molecule has 1 unspecified atom stereocenters. The van der Waals surface area contributed by atoms with Gasteiger partial charge < -0.3 is 5.11 Å². The van der Waals surface area contributed by atoms with E-state index in [2.05, 4.69) is 10.2 Å². The molecule has 0 radical (unpaired) electrons. The van der Waals surface area contributed by atoms with Gasteiger partial charge in [-0.1, -0.05) is 23.2 Å². The minimum Gasteiger partial charge on any atom is -0.386 e. The van der Waals surface area contributed by atoms with Gasteiger partial charge in [0, 0.05) is 5.56 Å². The summed E-state index contributed by atoms with van der Waals surface area (Å²) in [5, 5.41) is 15.9. The molecule has 0 bridgehead atoms. The first-order chi connectivity index (χ1) is 5.65. The Balaban J connectivity index is 3.04. The summed E-state index contributed by atoms with van der Waals surface area (Å²) in [4.78, 5) is 0. The van der Waals surface area contributed by atoms with Crippen LogP contribution in [0.3, 0.4) is 0 Å². The Hall–Kier alpha value is -0.450. The number of aromatic nitrogens is 2. The van der Waals surface area contributed by atoms with E-state index in [-0.39, 0.29) is 15.9 Å². The molecule has 1 aromatic heterocycles. The first kappa shape index (κ1) is 9.64. The van der Waals surface area contributed by atoms with E-state index >= 15 is 0 Å². The number of aliphatic hydroxyl groups is 1. The molecule has 0 amide bonds. The number of alkyl halides is 1. The van der Waals surface area contributed by atoms with Crippen molar-refractivity contribution in [3.05, 3.63) is 21.9 Å². The molecule has 1 aromatic rings. The third kappa shape index (κ3) is 2.03. The van der Waals surface area contributed by atoms with Crippen LogP contribution >= 0.6 is 23.2 Å². The molecule has 0 saturated heterocycles. The lowest BCUT2D eigenvalue weighted by Crippen LogP contribution is -2.02. The van der Waals surface area contributed by atoms with Crippen LogP contribution in [-0.2, 0) is 0 Å². The molecule has 6 heteroatoms. The highest BCUT2D eigenvalue weighted by Gasteiger charge is 2.13. The van der Waals surface area contributed by atoms with Gasteiger partial charge in [0.2, 0.25) is 0 Å². The van der Waals surface area contributed by atoms with Crippen LogP contribution < -0.4 is 0 Å². The topological polar surface area (TPSA) is 46.0 Å². The Bertz CT molecular complexity index is 284. The zero-order valence-electron chi connectivity index (χ0n) is 5.84. The van der Waals surface area contributed by atoms with Gasteiger partial charge in [-0.15, -0.1) is 10.2 Å². The van der Waals surface area contributed by atoms with Gasteiger partial charge in [0.15, 0.2) is 10.3 Å². The van der Waals surface area contributed by atoms with Crippen LogP contribution in [0.5, 0.6) is 0 Å². The molecule has 0 aliphatic carbocycles. The smallest absolute Gasteiger partial charge is 0.157 e. The van der Waals surface area contributed by atoms with Gasteiger partial charge in [0.1, 0.15) is 12.8 Å². The molecule has 66 valence electrons. The van der Waals surface area contributed by atoms with Gasteiger partial charge in [-0.05, 0) is 6.07 Å². The van der Waals surface area contributed by atoms with Crippen molar-refractivity contribution in [3.8, 4) is 0 Å². The van der Waals surface area contributed by atoms with Crippen molar-refractivity contribution in [2.45, 2.75) is 6.10 Å². The second-order valence-corrected chi connectivity index (χ2v) is 2.83. The minimum absolute atomic E-state index is 0.0375. The highest BCUT2D eigenvalue weighted by atomic mass is 35.5. The number of halogens is 3. The zero-order chi connectivity index (χ0) is 9.14. The maximum absolute atomic E-state index is 12.0. The summed E-state index contributed by atoms with van der Waals surface area (Å²) >= 11 is 11.0. The van der Waals surface area contributed by atoms with Crippen LogP contribution in [0.2, 0.25) is 10.3 Å². The van der Waals surface area contributed by atoms with Crippen molar-refractivity contribution in [2.24, 2.45) is 0 Å². The molecule has 12 heavy (non-hydrogen) atoms. The van der Waals surface area contributed by atoms with Gasteiger partial charge in [-0.25, -0.2) is 4.39 Å². The average molecular weight is 211 g/mol. The van der Waals surface area contributed by atoms with E-state index in [0.717, 1.165) is 0 Å². The third-order valence-corrected chi connectivity index (χ3v) is 1.73. The number of hydrogen-bond donors (Lipinski definition) is 1. The summed E-state index contributed by atoms with van der Waals surface area (Å²) < 4.78 is 12.0. The monoisotopic (exact) mass is 210 g/mol. The summed E-state index contributed by atoms with van der Waals surface area (Å²) in [6.45, 7) is -0.929. The fourth-order valence-corrected chi connectivity index (χ4v) is 1.06. The van der Waals surface area contributed by atoms with Gasteiger partial charge >= 0.3 is 0 Å². The lowest BCUT2D eigenvalue weighted by atomic mass is 10.2. The standard InChI is InChI=1S/C6H5Cl2FN2O/c7-5-1-3(4(12)2-9)6(8)11-10-5/h1,4,12H,2H2. The molecule has 0 aliphatic heterocycles. The van der Waals surface area contributed by atoms with Crippen molar-refractivity contribution in [2.75, 3.05) is 6.67 Å². The molecule has 1 rings (SSSR count). The van der Waals surface area contributed by atoms with E-state index < -0.39 is 12.8 Å². The summed E-state index contributed by atoms with van der Waals surface area (Å²) in [5.74, 6) is 0. The summed E-state index contributed by atoms with van der Waals surface area (Å²) in [6, 6.07) is 1.28. The van der Waals surface area contributed by atoms with E-state index in [1.807, 2.05) is 0 Å². The molecule has 1 heterocycles. The highest BCUT2D eigenvalue weighted by molar-refractivity contribution is 6.31. The van der Waals surface area contributed by atoms with E-state index in [4.69, 9.17) is 28.3 Å². The maximum atomic E-state index is 12.0. The van der Waals surface area contributed by atoms with Gasteiger partial charge in [0.05, 0.1) is 0 Å². The van der Waals surface area contributed by atoms with Gasteiger partial charge in [-0.2, -0.15) is 0 Å². The van der Waals surface area contributed by atoms with Crippen LogP contribution in [0.25, 0.3) is 0 Å². The summed E-state index contributed by atoms with van der Waals surface area (Å²) in [5.41, 5.74) is 0.152. The molecule has 0 aromatic carbocycles. The largest absolute Gasteiger partial charge is 0.386 e. The number of nitrogens with zero attached hydrogens (tertiary/aromatic N) is 2. The molecule has 0 spiro atoms. The molecule has 0 saturated carbocycles. The fourth-order valence-electron chi connectivity index (χ4n) is 0.683. The lowest BCUT2D eigenvalue weighted by molar-refractivity contribution is 0.141. The zero-order valence-corrected chi connectivity index (χ0v) is 7.35. The Labute approximate surface area is 78.1 Å². The maximum Gasteiger partial charge on any atom is 0.157 e. The molecule has 3 nitrogen and oxygen atoms in total. The predicted octanol–water partition coefficient (Wildman–Crippen LogP) is 1.79. The van der Waals surface area contributed by atoms with Crippen LogP contribution in [0.15, 0.2) is 6.07 Å². The van der Waals surface area contributed by atoms with Gasteiger partial charge in [-0.3, -0.25) is 0 Å². The molecular weight excluding hydrogens is 206 g/mol. The molecular formula is C6H5Cl2FN2O. The third-order valence-electron chi connectivity index (χ3n) is 1.25. The Morgan fingerprint density at radius 1 is 1.50 bits per heavy atom. The minimum atomic E-state index is -1.29. The molecule has 0 aliphatic rings. The fraction of sp³-hybridized carbons (Fsp3) is 0.333. The average Bonchev–Trinajstić information content (AvgIpc) is 2.08. The van der Waals surface area contributed by atoms with Crippen molar-refractivity contribution < 1.29 is 9.50 Å². The second-order valence-electron chi connectivity index (χ2n) is 2.08. The van der Waals surface area contributed by atoms with E-state index in [1.54, 1.807) is 0 Å². The van der Waals surface area contributed by atoms with Crippen molar-refractivity contribution in [1.82, 2.24) is 10.2 Å². The quantitative estimate of drug-likeness (QED) is 0.810. The molecule has 1 N–H and O–H groups in total. The highest BCUT2D eigenvalue weighted by Crippen LogP contribution is 2.22. The van der Waals surface area contributed by atoms with Crippen LogP contribution in [0.1, 0.15) is 11.7 Å². The van der Waals surface area contributed by atoms with Crippen molar-refractivity contribution >= 4 is 23.2 Å². The normalized spacial score (nSPS) is 13.0. The second kappa shape index (κ2) is 3.98. The summed E-state index contributed by atoms with van der Waals surface area (Å²) in [7, 11) is 0. The van der Waals surface area contributed by atoms with Gasteiger partial charge in [0.25, 0.3) is 0 Å². The van der Waals surface area contributed by atoms with Crippen molar-refractivity contribution in [3.63, 3.8) is 0 Å². The molecule has 0 fully saturated rings. The Morgan fingerprint density at radius 3 is 2.75 bits per heavy atom. The molecule has 1 atom stereocenters. The SMILES string of the molecule is OC(CF)c1cc(Cl)nnc1Cl.